The Bertz CT molecular complexity index is 1200. The number of hydrogen-bond donors (Lipinski definition) is 0. The predicted octanol–water partition coefficient (Wildman–Crippen LogP) is 3.32. The summed E-state index contributed by atoms with van der Waals surface area (Å²) in [5, 5.41) is 9.08. The molecule has 9 heteroatoms. The Hall–Kier alpha value is -2.27. The van der Waals surface area contributed by atoms with Crippen LogP contribution in [0.1, 0.15) is 23.1 Å². The van der Waals surface area contributed by atoms with Crippen molar-refractivity contribution < 1.29 is 4.74 Å². The largest absolute Gasteiger partial charge is 0.496 e. The van der Waals surface area contributed by atoms with Gasteiger partial charge in [-0.25, -0.2) is 9.67 Å². The van der Waals surface area contributed by atoms with Gasteiger partial charge in [0.1, 0.15) is 16.3 Å². The fourth-order valence-corrected chi connectivity index (χ4v) is 4.49. The van der Waals surface area contributed by atoms with E-state index in [-0.39, 0.29) is 5.56 Å². The third-order valence-electron chi connectivity index (χ3n) is 4.41. The maximum absolute atomic E-state index is 12.7. The second kappa shape index (κ2) is 8.00. The zero-order valence-electron chi connectivity index (χ0n) is 15.4. The molecule has 0 amide bonds. The maximum atomic E-state index is 12.7. The molecule has 0 saturated carbocycles. The third-order valence-corrected chi connectivity index (χ3v) is 6.27. The summed E-state index contributed by atoms with van der Waals surface area (Å²) >= 11 is 3.84. The van der Waals surface area contributed by atoms with Crippen molar-refractivity contribution in [1.29, 1.82) is 0 Å². The van der Waals surface area contributed by atoms with Crippen LogP contribution in [-0.4, -0.2) is 31.7 Å². The van der Waals surface area contributed by atoms with Gasteiger partial charge in [-0.3, -0.25) is 9.36 Å². The number of hydrogen-bond acceptors (Lipinski definition) is 6. The number of aryl methyl sites for hydroxylation is 1. The topological polar surface area (TPSA) is 74.8 Å². The number of methoxy groups -OCH3 is 1. The Morgan fingerprint density at radius 2 is 2.11 bits per heavy atom. The van der Waals surface area contributed by atoms with E-state index in [2.05, 4.69) is 50.9 Å². The first-order valence-corrected chi connectivity index (χ1v) is 10.7. The van der Waals surface area contributed by atoms with E-state index in [9.17, 15) is 4.79 Å². The van der Waals surface area contributed by atoms with Gasteiger partial charge in [0.05, 0.1) is 38.1 Å². The van der Waals surface area contributed by atoms with Gasteiger partial charge in [-0.1, -0.05) is 12.1 Å². The average Bonchev–Trinajstić information content (AvgIpc) is 3.31. The number of nitrogens with zero attached hydrogens (tertiary/aromatic N) is 5. The minimum absolute atomic E-state index is 0.0465. The third kappa shape index (κ3) is 3.81. The summed E-state index contributed by atoms with van der Waals surface area (Å²) in [6.07, 6.45) is 4.33. The summed E-state index contributed by atoms with van der Waals surface area (Å²) in [5.41, 5.74) is 1.69. The van der Waals surface area contributed by atoms with Crippen LogP contribution >= 0.6 is 33.9 Å². The molecular formula is C19H18IN5O2S. The molecule has 0 aliphatic rings. The second-order valence-electron chi connectivity index (χ2n) is 6.33. The molecule has 0 unspecified atom stereocenters. The van der Waals surface area contributed by atoms with E-state index in [4.69, 9.17) is 4.74 Å². The van der Waals surface area contributed by atoms with Crippen molar-refractivity contribution in [3.05, 3.63) is 66.8 Å². The van der Waals surface area contributed by atoms with Crippen molar-refractivity contribution in [1.82, 2.24) is 24.5 Å². The molecule has 0 N–H and O–H groups in total. The van der Waals surface area contributed by atoms with E-state index in [1.165, 1.54) is 0 Å². The van der Waals surface area contributed by atoms with Crippen LogP contribution < -0.4 is 10.3 Å². The van der Waals surface area contributed by atoms with Gasteiger partial charge in [-0.15, -0.1) is 16.4 Å². The Morgan fingerprint density at radius 3 is 2.89 bits per heavy atom. The van der Waals surface area contributed by atoms with Crippen LogP contribution in [-0.2, 0) is 19.5 Å². The monoisotopic (exact) mass is 507 g/mol. The van der Waals surface area contributed by atoms with Crippen LogP contribution in [0, 0.1) is 3.57 Å². The minimum atomic E-state index is -0.0465. The van der Waals surface area contributed by atoms with Gasteiger partial charge in [-0.05, 0) is 53.3 Å². The molecule has 0 spiro atoms. The fourth-order valence-electron chi connectivity index (χ4n) is 3.00. The Balaban J connectivity index is 1.57. The molecule has 7 nitrogen and oxygen atoms in total. The zero-order valence-corrected chi connectivity index (χ0v) is 18.4. The average molecular weight is 507 g/mol. The predicted molar refractivity (Wildman–Crippen MR) is 117 cm³/mol. The SMILES string of the molecule is CCc1cc2c(=O)n(Cc3cn(Cc4cc(I)ccc4OC)nn3)cnc2s1. The number of rotatable bonds is 6. The van der Waals surface area contributed by atoms with Crippen LogP contribution in [0.15, 0.2) is 41.6 Å². The molecule has 0 atom stereocenters. The standard InChI is InChI=1S/C19H18IN5O2S/c1-3-15-7-16-18(28-15)21-11-24(19(16)26)9-14-10-25(23-22-14)8-12-6-13(20)4-5-17(12)27-2/h4-7,10-11H,3,8-9H2,1-2H3. The molecule has 0 saturated heterocycles. The summed E-state index contributed by atoms with van der Waals surface area (Å²) in [6, 6.07) is 7.94. The van der Waals surface area contributed by atoms with Gasteiger partial charge < -0.3 is 4.74 Å². The van der Waals surface area contributed by atoms with E-state index in [0.29, 0.717) is 24.2 Å². The van der Waals surface area contributed by atoms with Crippen molar-refractivity contribution in [2.24, 2.45) is 0 Å². The number of thiophene rings is 1. The van der Waals surface area contributed by atoms with E-state index >= 15 is 0 Å². The maximum Gasteiger partial charge on any atom is 0.262 e. The second-order valence-corrected chi connectivity index (χ2v) is 8.69. The van der Waals surface area contributed by atoms with E-state index < -0.39 is 0 Å². The minimum Gasteiger partial charge on any atom is -0.496 e. The smallest absolute Gasteiger partial charge is 0.262 e. The number of halogens is 1. The first kappa shape index (κ1) is 19.1. The highest BCUT2D eigenvalue weighted by molar-refractivity contribution is 14.1. The fraction of sp³-hybridized carbons (Fsp3) is 0.263. The van der Waals surface area contributed by atoms with Gasteiger partial charge in [-0.2, -0.15) is 0 Å². The first-order valence-electron chi connectivity index (χ1n) is 8.76. The molecule has 0 aliphatic heterocycles. The van der Waals surface area contributed by atoms with Crippen molar-refractivity contribution in [2.45, 2.75) is 26.4 Å². The van der Waals surface area contributed by atoms with E-state index in [1.807, 2.05) is 24.4 Å². The summed E-state index contributed by atoms with van der Waals surface area (Å²) in [5.74, 6) is 0.813. The molecule has 4 rings (SSSR count). The van der Waals surface area contributed by atoms with Crippen molar-refractivity contribution in [3.63, 3.8) is 0 Å². The first-order chi connectivity index (χ1) is 13.6. The molecule has 3 heterocycles. The molecule has 1 aromatic carbocycles. The Morgan fingerprint density at radius 1 is 1.25 bits per heavy atom. The van der Waals surface area contributed by atoms with Gasteiger partial charge in [0.2, 0.25) is 0 Å². The van der Waals surface area contributed by atoms with Crippen LogP contribution in [0.25, 0.3) is 10.2 Å². The van der Waals surface area contributed by atoms with Gasteiger partial charge in [0.15, 0.2) is 0 Å². The Kier molecular flexibility index (Phi) is 5.44. The van der Waals surface area contributed by atoms with Crippen molar-refractivity contribution in [3.8, 4) is 5.75 Å². The van der Waals surface area contributed by atoms with E-state index in [0.717, 1.165) is 31.0 Å². The normalized spacial score (nSPS) is 11.2. The lowest BCUT2D eigenvalue weighted by atomic mass is 10.2. The number of ether oxygens (including phenoxy) is 1. The van der Waals surface area contributed by atoms with Crippen molar-refractivity contribution >= 4 is 44.1 Å². The highest BCUT2D eigenvalue weighted by Gasteiger charge is 2.11. The van der Waals surface area contributed by atoms with E-state index in [1.54, 1.807) is 34.0 Å². The molecule has 3 aromatic heterocycles. The van der Waals surface area contributed by atoms with Gasteiger partial charge >= 0.3 is 0 Å². The molecule has 4 aromatic rings. The molecule has 0 bridgehead atoms. The number of benzene rings is 1. The molecule has 28 heavy (non-hydrogen) atoms. The lowest BCUT2D eigenvalue weighted by Gasteiger charge is -2.08. The lowest BCUT2D eigenvalue weighted by molar-refractivity contribution is 0.407. The van der Waals surface area contributed by atoms with Crippen LogP contribution in [0.3, 0.4) is 0 Å². The van der Waals surface area contributed by atoms with Gasteiger partial charge in [0, 0.05) is 14.0 Å². The molecule has 0 fully saturated rings. The van der Waals surface area contributed by atoms with Crippen LogP contribution in [0.5, 0.6) is 5.75 Å². The molecule has 0 radical (unpaired) electrons. The summed E-state index contributed by atoms with van der Waals surface area (Å²) in [7, 11) is 1.66. The quantitative estimate of drug-likeness (QED) is 0.375. The van der Waals surface area contributed by atoms with Crippen LogP contribution in [0.2, 0.25) is 0 Å². The summed E-state index contributed by atoms with van der Waals surface area (Å²) < 4.78 is 9.88. The number of aromatic nitrogens is 5. The zero-order chi connectivity index (χ0) is 19.7. The molecule has 144 valence electrons. The molecule has 0 aliphatic carbocycles. The summed E-state index contributed by atoms with van der Waals surface area (Å²) in [6.45, 7) is 2.95. The van der Waals surface area contributed by atoms with Gasteiger partial charge in [0.25, 0.3) is 5.56 Å². The van der Waals surface area contributed by atoms with Crippen LogP contribution in [0.4, 0.5) is 0 Å². The van der Waals surface area contributed by atoms with Crippen molar-refractivity contribution in [2.75, 3.05) is 7.11 Å². The highest BCUT2D eigenvalue weighted by Crippen LogP contribution is 2.22. The Labute approximate surface area is 179 Å². The molecular weight excluding hydrogens is 489 g/mol. The highest BCUT2D eigenvalue weighted by atomic mass is 127. The number of fused-ring (bicyclic) bond motifs is 1. The lowest BCUT2D eigenvalue weighted by Crippen LogP contribution is -2.20. The summed E-state index contributed by atoms with van der Waals surface area (Å²) in [4.78, 5) is 19.1.